The molecular formula is C13H14N2O9S2-2. The third-order valence-electron chi connectivity index (χ3n) is 3.86. The maximum atomic E-state index is 12.3. The van der Waals surface area contributed by atoms with Crippen molar-refractivity contribution in [3.05, 3.63) is 22.2 Å². The fraction of sp³-hybridized carbons (Fsp3) is 0.462. The summed E-state index contributed by atoms with van der Waals surface area (Å²) in [6.07, 6.45) is -0.372. The van der Waals surface area contributed by atoms with Crippen LogP contribution in [0.15, 0.2) is 22.2 Å². The van der Waals surface area contributed by atoms with Crippen molar-refractivity contribution in [2.45, 2.75) is 32.4 Å². The molecule has 0 aliphatic carbocycles. The predicted octanol–water partition coefficient (Wildman–Crippen LogP) is -2.60. The second-order valence-electron chi connectivity index (χ2n) is 5.58. The number of carboxylic acids is 1. The van der Waals surface area contributed by atoms with Crippen molar-refractivity contribution in [2.24, 2.45) is 5.92 Å². The van der Waals surface area contributed by atoms with Crippen LogP contribution in [0.2, 0.25) is 0 Å². The molecule has 0 bridgehead atoms. The van der Waals surface area contributed by atoms with Crippen LogP contribution in [0.4, 0.5) is 0 Å². The molecule has 2 amide bonds. The molecule has 4 atom stereocenters. The molecule has 1 fully saturated rings. The monoisotopic (exact) mass is 406 g/mol. The maximum Gasteiger partial charge on any atom is 0.235 e. The molecule has 0 saturated carbocycles. The van der Waals surface area contributed by atoms with Gasteiger partial charge in [-0.1, -0.05) is 0 Å². The molecule has 0 aromatic carbocycles. The van der Waals surface area contributed by atoms with Gasteiger partial charge in [0.15, 0.2) is 0 Å². The number of fused-ring (bicyclic) bond motifs is 1. The van der Waals surface area contributed by atoms with E-state index in [1.54, 1.807) is 0 Å². The minimum atomic E-state index is -5.05. The lowest BCUT2D eigenvalue weighted by atomic mass is 9.83. The molecule has 0 spiro atoms. The van der Waals surface area contributed by atoms with Gasteiger partial charge in [0.2, 0.25) is 22.2 Å². The Morgan fingerprint density at radius 2 is 2.08 bits per heavy atom. The Bertz CT molecular complexity index is 846. The number of β-lactam (4-membered cyclic amide) rings is 1. The number of aliphatic carboxylic acids is 1. The van der Waals surface area contributed by atoms with Crippen molar-refractivity contribution in [2.75, 3.05) is 0 Å². The highest BCUT2D eigenvalue weighted by Crippen LogP contribution is 2.45. The van der Waals surface area contributed by atoms with E-state index < -0.39 is 62.7 Å². The molecule has 13 heteroatoms. The highest BCUT2D eigenvalue weighted by molar-refractivity contribution is 7.91. The zero-order chi connectivity index (χ0) is 19.8. The molecular weight excluding hydrogens is 392 g/mol. The number of hydrogen-bond donors (Lipinski definition) is 1. The lowest BCUT2D eigenvalue weighted by Gasteiger charge is -2.46. The zero-order valence-corrected chi connectivity index (χ0v) is 15.2. The zero-order valence-electron chi connectivity index (χ0n) is 13.5. The number of carbonyl (C=O) groups excluding carboxylic acids is 3. The van der Waals surface area contributed by atoms with Crippen molar-refractivity contribution >= 4 is 39.0 Å². The molecule has 0 aromatic rings. The number of amides is 2. The number of hydrogen-bond acceptors (Lipinski definition) is 9. The molecule has 2 aliphatic rings. The second-order valence-corrected chi connectivity index (χ2v) is 7.94. The molecule has 0 aromatic heterocycles. The van der Waals surface area contributed by atoms with Crippen molar-refractivity contribution in [3.63, 3.8) is 0 Å². The maximum absolute atomic E-state index is 12.3. The van der Waals surface area contributed by atoms with Gasteiger partial charge in [-0.05, 0) is 6.92 Å². The van der Waals surface area contributed by atoms with Gasteiger partial charge in [-0.15, -0.1) is 0 Å². The second kappa shape index (κ2) is 7.26. The smallest absolute Gasteiger partial charge is 0.235 e. The third kappa shape index (κ3) is 4.00. The van der Waals surface area contributed by atoms with E-state index in [-0.39, 0.29) is 11.3 Å². The quantitative estimate of drug-likeness (QED) is 0.270. The summed E-state index contributed by atoms with van der Waals surface area (Å²) in [6, 6.07) is -0.819. The Hall–Kier alpha value is -2.09. The van der Waals surface area contributed by atoms with Gasteiger partial charge in [0.05, 0.1) is 40.5 Å². The average Bonchev–Trinajstić information content (AvgIpc) is 2.80. The summed E-state index contributed by atoms with van der Waals surface area (Å²) < 4.78 is 48.6. The Balaban J connectivity index is 2.24. The van der Waals surface area contributed by atoms with Crippen LogP contribution in [0.25, 0.3) is 0 Å². The van der Waals surface area contributed by atoms with Crippen LogP contribution < -0.4 is 10.4 Å². The van der Waals surface area contributed by atoms with Crippen LogP contribution in [0.5, 0.6) is 0 Å². The van der Waals surface area contributed by atoms with E-state index in [0.29, 0.717) is 0 Å². The number of nitrogens with zero attached hydrogens (tertiary/aromatic N) is 1. The van der Waals surface area contributed by atoms with E-state index in [0.717, 1.165) is 16.5 Å². The fourth-order valence-electron chi connectivity index (χ4n) is 2.93. The summed E-state index contributed by atoms with van der Waals surface area (Å²) in [4.78, 5) is 35.1. The molecule has 1 unspecified atom stereocenters. The highest BCUT2D eigenvalue weighted by Gasteiger charge is 2.56. The Kier molecular flexibility index (Phi) is 5.65. The summed E-state index contributed by atoms with van der Waals surface area (Å²) in [6.45, 7) is 2.41. The average molecular weight is 406 g/mol. The Morgan fingerprint density at radius 1 is 1.46 bits per heavy atom. The van der Waals surface area contributed by atoms with Gasteiger partial charge in [0.1, 0.15) is 0 Å². The molecule has 2 heterocycles. The number of rotatable bonds is 7. The molecule has 144 valence electrons. The molecule has 2 rings (SSSR count). The SMILES string of the molecule is CC(=O)N/C=C/S(=O)C1=C(C(=O)[O-])N2C(=O)[C@@H]([C@H](C)OS(=O)(=O)[O-])[C@H]2C1. The number of carboxylic acid groups (broad SMARTS) is 1. The van der Waals surface area contributed by atoms with Gasteiger partial charge >= 0.3 is 0 Å². The summed E-state index contributed by atoms with van der Waals surface area (Å²) in [5.74, 6) is -4.01. The van der Waals surface area contributed by atoms with Crippen molar-refractivity contribution < 1.29 is 40.9 Å². The van der Waals surface area contributed by atoms with E-state index in [2.05, 4.69) is 9.50 Å². The van der Waals surface area contributed by atoms with Gasteiger partial charge < -0.3 is 24.7 Å². The van der Waals surface area contributed by atoms with Gasteiger partial charge in [0, 0.05) is 29.9 Å². The first kappa shape index (κ1) is 20.2. The number of nitrogens with one attached hydrogen (secondary N) is 1. The molecule has 11 nitrogen and oxygen atoms in total. The van der Waals surface area contributed by atoms with Crippen LogP contribution in [-0.2, 0) is 39.8 Å². The fourth-order valence-corrected chi connectivity index (χ4v) is 4.48. The van der Waals surface area contributed by atoms with Gasteiger partial charge in [0.25, 0.3) is 0 Å². The summed E-state index contributed by atoms with van der Waals surface area (Å²) in [7, 11) is -7.03. The Morgan fingerprint density at radius 3 is 2.58 bits per heavy atom. The Labute approximate surface area is 151 Å². The molecule has 1 saturated heterocycles. The first-order valence-corrected chi connectivity index (χ1v) is 9.74. The summed E-state index contributed by atoms with van der Waals surface area (Å²) in [5.41, 5.74) is -0.570. The first-order valence-electron chi connectivity index (χ1n) is 7.20. The lowest BCUT2D eigenvalue weighted by Crippen LogP contribution is -2.63. The van der Waals surface area contributed by atoms with Crippen LogP contribution >= 0.6 is 0 Å². The largest absolute Gasteiger partial charge is 0.726 e. The summed E-state index contributed by atoms with van der Waals surface area (Å²) in [5, 5.41) is 14.6. The van der Waals surface area contributed by atoms with Crippen LogP contribution in [-0.4, -0.2) is 52.0 Å². The van der Waals surface area contributed by atoms with Crippen LogP contribution in [0.3, 0.4) is 0 Å². The van der Waals surface area contributed by atoms with E-state index in [1.165, 1.54) is 13.8 Å². The standard InChI is InChI=1S/C13H16N2O9S2/c1-6(24-26(21,22)23)10-8-5-9(25(20)4-3-14-7(2)16)11(13(18)19)15(8)12(10)17/h3-4,6,8,10H,5H2,1-2H3,(H,14,16)(H,18,19)(H,21,22,23)/p-2/b4-3+/t6-,8+,10-,25?/m0/s1. The summed E-state index contributed by atoms with van der Waals surface area (Å²) >= 11 is 0. The van der Waals surface area contributed by atoms with E-state index in [4.69, 9.17) is 0 Å². The first-order chi connectivity index (χ1) is 11.9. The molecule has 1 N–H and O–H groups in total. The highest BCUT2D eigenvalue weighted by atomic mass is 32.3. The van der Waals surface area contributed by atoms with Gasteiger partial charge in [-0.2, -0.15) is 0 Å². The molecule has 2 aliphatic heterocycles. The van der Waals surface area contributed by atoms with Crippen LogP contribution in [0, 0.1) is 5.92 Å². The van der Waals surface area contributed by atoms with E-state index in [9.17, 15) is 36.7 Å². The van der Waals surface area contributed by atoms with Crippen molar-refractivity contribution in [1.29, 1.82) is 0 Å². The predicted molar refractivity (Wildman–Crippen MR) is 82.1 cm³/mol. The van der Waals surface area contributed by atoms with Gasteiger partial charge in [-0.3, -0.25) is 13.8 Å². The topological polar surface area (TPSA) is 173 Å². The van der Waals surface area contributed by atoms with Gasteiger partial charge in [-0.25, -0.2) is 12.6 Å². The minimum Gasteiger partial charge on any atom is -0.726 e. The van der Waals surface area contributed by atoms with E-state index in [1.807, 2.05) is 0 Å². The van der Waals surface area contributed by atoms with Crippen molar-refractivity contribution in [3.8, 4) is 0 Å². The molecule has 0 radical (unpaired) electrons. The number of carbonyl (C=O) groups is 3. The lowest BCUT2D eigenvalue weighted by molar-refractivity contribution is -0.301. The van der Waals surface area contributed by atoms with Crippen LogP contribution in [0.1, 0.15) is 20.3 Å². The van der Waals surface area contributed by atoms with E-state index >= 15 is 0 Å². The van der Waals surface area contributed by atoms with Crippen molar-refractivity contribution in [1.82, 2.24) is 10.2 Å². The third-order valence-corrected chi connectivity index (χ3v) is 5.63. The molecule has 26 heavy (non-hydrogen) atoms. The normalized spacial score (nSPS) is 25.0. The minimum absolute atomic E-state index is 0.121.